The number of nitrogens with two attached hydrogens (primary N) is 1. The second-order valence-electron chi connectivity index (χ2n) is 3.42. The molecular weight excluding hydrogens is 188 g/mol. The number of nitrogens with zero attached hydrogens (tertiary/aromatic N) is 2. The molecule has 0 saturated heterocycles. The van der Waals surface area contributed by atoms with Crippen molar-refractivity contribution in [3.8, 4) is 0 Å². The van der Waals surface area contributed by atoms with Gasteiger partial charge < -0.3 is 11.1 Å². The normalized spacial score (nSPS) is 10.3. The molecule has 3 N–H and O–H groups in total. The van der Waals surface area contributed by atoms with Crippen molar-refractivity contribution in [3.05, 3.63) is 17.7 Å². The Morgan fingerprint density at radius 1 is 1.33 bits per heavy atom. The fourth-order valence-electron chi connectivity index (χ4n) is 1.37. The average molecular weight is 208 g/mol. The molecule has 0 bridgehead atoms. The van der Waals surface area contributed by atoms with E-state index in [9.17, 15) is 0 Å². The van der Waals surface area contributed by atoms with Crippen molar-refractivity contribution < 1.29 is 0 Å². The summed E-state index contributed by atoms with van der Waals surface area (Å²) in [4.78, 5) is 8.76. The highest BCUT2D eigenvalue weighted by atomic mass is 15.0. The number of aryl methyl sites for hydroxylation is 2. The zero-order valence-electron chi connectivity index (χ0n) is 9.58. The summed E-state index contributed by atoms with van der Waals surface area (Å²) in [6.07, 6.45) is 4.66. The molecule has 0 saturated carbocycles. The molecule has 0 aliphatic heterocycles. The van der Waals surface area contributed by atoms with E-state index in [2.05, 4.69) is 29.1 Å². The second-order valence-corrected chi connectivity index (χ2v) is 3.42. The minimum Gasteiger partial charge on any atom is -0.382 e. The predicted molar refractivity (Wildman–Crippen MR) is 62.9 cm³/mol. The second kappa shape index (κ2) is 6.35. The quantitative estimate of drug-likeness (QED) is 0.693. The third-order valence-electron chi connectivity index (χ3n) is 2.27. The van der Waals surface area contributed by atoms with E-state index in [0.29, 0.717) is 6.54 Å². The van der Waals surface area contributed by atoms with E-state index in [1.165, 1.54) is 0 Å². The Labute approximate surface area is 91.3 Å². The lowest BCUT2D eigenvalue weighted by Crippen LogP contribution is -2.11. The molecule has 1 heterocycles. The Balaban J connectivity index is 2.69. The van der Waals surface area contributed by atoms with Crippen LogP contribution in [0, 0.1) is 0 Å². The molecule has 15 heavy (non-hydrogen) atoms. The summed E-state index contributed by atoms with van der Waals surface area (Å²) < 4.78 is 0. The average Bonchev–Trinajstić information content (AvgIpc) is 2.29. The van der Waals surface area contributed by atoms with Crippen LogP contribution in [-0.2, 0) is 12.8 Å². The van der Waals surface area contributed by atoms with Crippen molar-refractivity contribution in [1.29, 1.82) is 0 Å². The highest BCUT2D eigenvalue weighted by molar-refractivity contribution is 5.45. The minimum atomic E-state index is 0.711. The van der Waals surface area contributed by atoms with E-state index >= 15 is 0 Å². The molecule has 0 aliphatic rings. The molecule has 1 aromatic heterocycles. The Kier molecular flexibility index (Phi) is 5.04. The van der Waals surface area contributed by atoms with Gasteiger partial charge in [0, 0.05) is 13.0 Å². The standard InChI is InChI=1S/C11H20N4/c1-3-9-10(13-7-5-6-12)8-14-11(4-2)15-9/h8,13H,3-7,12H2,1-2H3. The first-order valence-electron chi connectivity index (χ1n) is 5.60. The molecule has 4 nitrogen and oxygen atoms in total. The number of aromatic nitrogens is 2. The summed E-state index contributed by atoms with van der Waals surface area (Å²) in [5, 5.41) is 3.31. The first kappa shape index (κ1) is 11.9. The molecule has 0 fully saturated rings. The van der Waals surface area contributed by atoms with Crippen molar-refractivity contribution in [2.45, 2.75) is 33.1 Å². The molecular formula is C11H20N4. The van der Waals surface area contributed by atoms with Crippen molar-refractivity contribution in [1.82, 2.24) is 9.97 Å². The maximum absolute atomic E-state index is 5.44. The first-order valence-corrected chi connectivity index (χ1v) is 5.60. The lowest BCUT2D eigenvalue weighted by atomic mass is 10.2. The zero-order valence-corrected chi connectivity index (χ0v) is 9.58. The van der Waals surface area contributed by atoms with E-state index in [0.717, 1.165) is 43.0 Å². The molecule has 0 spiro atoms. The number of rotatable bonds is 6. The third-order valence-corrected chi connectivity index (χ3v) is 2.27. The van der Waals surface area contributed by atoms with Crippen LogP contribution in [0.3, 0.4) is 0 Å². The Hall–Kier alpha value is -1.16. The molecule has 0 amide bonds. The lowest BCUT2D eigenvalue weighted by molar-refractivity contribution is 0.853. The molecule has 84 valence electrons. The molecule has 1 rings (SSSR count). The zero-order chi connectivity index (χ0) is 11.1. The maximum Gasteiger partial charge on any atom is 0.128 e. The lowest BCUT2D eigenvalue weighted by Gasteiger charge is -2.10. The van der Waals surface area contributed by atoms with Crippen LogP contribution in [0.1, 0.15) is 31.8 Å². The third kappa shape index (κ3) is 3.47. The van der Waals surface area contributed by atoms with Gasteiger partial charge >= 0.3 is 0 Å². The molecule has 0 atom stereocenters. The van der Waals surface area contributed by atoms with Crippen LogP contribution in [0.25, 0.3) is 0 Å². The molecule has 1 aromatic rings. The predicted octanol–water partition coefficient (Wildman–Crippen LogP) is 1.36. The SMILES string of the molecule is CCc1ncc(NCCCN)c(CC)n1. The number of nitrogens with one attached hydrogen (secondary N) is 1. The van der Waals surface area contributed by atoms with Crippen LogP contribution in [0.2, 0.25) is 0 Å². The van der Waals surface area contributed by atoms with Crippen LogP contribution in [0.4, 0.5) is 5.69 Å². The van der Waals surface area contributed by atoms with Gasteiger partial charge in [-0.25, -0.2) is 9.97 Å². The van der Waals surface area contributed by atoms with Crippen LogP contribution in [0.15, 0.2) is 6.20 Å². The van der Waals surface area contributed by atoms with Gasteiger partial charge in [-0.1, -0.05) is 13.8 Å². The highest BCUT2D eigenvalue weighted by Crippen LogP contribution is 2.12. The van der Waals surface area contributed by atoms with Crippen molar-refractivity contribution in [2.75, 3.05) is 18.4 Å². The topological polar surface area (TPSA) is 63.8 Å². The Bertz CT molecular complexity index is 299. The van der Waals surface area contributed by atoms with Gasteiger partial charge in [-0.05, 0) is 19.4 Å². The summed E-state index contributed by atoms with van der Waals surface area (Å²) in [7, 11) is 0. The summed E-state index contributed by atoms with van der Waals surface area (Å²) >= 11 is 0. The van der Waals surface area contributed by atoms with E-state index < -0.39 is 0 Å². The van der Waals surface area contributed by atoms with E-state index in [1.54, 1.807) is 0 Å². The summed E-state index contributed by atoms with van der Waals surface area (Å²) in [6, 6.07) is 0. The fourth-order valence-corrected chi connectivity index (χ4v) is 1.37. The molecule has 4 heteroatoms. The van der Waals surface area contributed by atoms with Gasteiger partial charge in [0.25, 0.3) is 0 Å². The van der Waals surface area contributed by atoms with Crippen LogP contribution in [0.5, 0.6) is 0 Å². The summed E-state index contributed by atoms with van der Waals surface area (Å²) in [6.45, 7) is 5.77. The van der Waals surface area contributed by atoms with Gasteiger partial charge in [0.1, 0.15) is 5.82 Å². The van der Waals surface area contributed by atoms with Crippen molar-refractivity contribution >= 4 is 5.69 Å². The summed E-state index contributed by atoms with van der Waals surface area (Å²) in [5.74, 6) is 0.913. The van der Waals surface area contributed by atoms with Gasteiger partial charge in [-0.15, -0.1) is 0 Å². The molecule has 0 aromatic carbocycles. The van der Waals surface area contributed by atoms with Crippen molar-refractivity contribution in [2.24, 2.45) is 5.73 Å². The molecule has 0 unspecified atom stereocenters. The molecule has 0 radical (unpaired) electrons. The van der Waals surface area contributed by atoms with Gasteiger partial charge in [-0.3, -0.25) is 0 Å². The Morgan fingerprint density at radius 2 is 2.13 bits per heavy atom. The largest absolute Gasteiger partial charge is 0.382 e. The fraction of sp³-hybridized carbons (Fsp3) is 0.636. The van der Waals surface area contributed by atoms with Gasteiger partial charge in [-0.2, -0.15) is 0 Å². The number of hydrogen-bond acceptors (Lipinski definition) is 4. The first-order chi connectivity index (χ1) is 7.31. The summed E-state index contributed by atoms with van der Waals surface area (Å²) in [5.41, 5.74) is 7.58. The monoisotopic (exact) mass is 208 g/mol. The van der Waals surface area contributed by atoms with Gasteiger partial charge in [0.05, 0.1) is 17.6 Å². The van der Waals surface area contributed by atoms with Crippen LogP contribution >= 0.6 is 0 Å². The highest BCUT2D eigenvalue weighted by Gasteiger charge is 2.03. The van der Waals surface area contributed by atoms with Gasteiger partial charge in [0.15, 0.2) is 0 Å². The van der Waals surface area contributed by atoms with Crippen LogP contribution in [-0.4, -0.2) is 23.1 Å². The van der Waals surface area contributed by atoms with Gasteiger partial charge in [0.2, 0.25) is 0 Å². The van der Waals surface area contributed by atoms with E-state index in [-0.39, 0.29) is 0 Å². The van der Waals surface area contributed by atoms with E-state index in [1.807, 2.05) is 6.20 Å². The number of anilines is 1. The minimum absolute atomic E-state index is 0.711. The van der Waals surface area contributed by atoms with Crippen LogP contribution < -0.4 is 11.1 Å². The smallest absolute Gasteiger partial charge is 0.128 e. The van der Waals surface area contributed by atoms with E-state index in [4.69, 9.17) is 5.73 Å². The van der Waals surface area contributed by atoms with Crippen molar-refractivity contribution in [3.63, 3.8) is 0 Å². The Morgan fingerprint density at radius 3 is 2.73 bits per heavy atom. The number of hydrogen-bond donors (Lipinski definition) is 2. The molecule has 0 aliphatic carbocycles. The maximum atomic E-state index is 5.44.